The molecule has 4 aromatic rings. The van der Waals surface area contributed by atoms with E-state index < -0.39 is 0 Å². The molecule has 0 radical (unpaired) electrons. The number of nitrogens with zero attached hydrogens (tertiary/aromatic N) is 1. The minimum atomic E-state index is -0.379. The number of aryl methyl sites for hydroxylation is 2. The van der Waals surface area contributed by atoms with Gasteiger partial charge in [-0.3, -0.25) is 10.1 Å². The van der Waals surface area contributed by atoms with Crippen LogP contribution in [-0.4, -0.2) is 23.1 Å². The molecule has 168 valence electrons. The zero-order valence-corrected chi connectivity index (χ0v) is 20.1. The maximum absolute atomic E-state index is 12.6. The third kappa shape index (κ3) is 4.69. The Morgan fingerprint density at radius 3 is 2.64 bits per heavy atom. The van der Waals surface area contributed by atoms with Crippen LogP contribution in [0.2, 0.25) is 5.02 Å². The Hall–Kier alpha value is -3.42. The Morgan fingerprint density at radius 1 is 1.12 bits per heavy atom. The number of fused-ring (bicyclic) bond motifs is 1. The summed E-state index contributed by atoms with van der Waals surface area (Å²) in [6, 6.07) is 14.5. The van der Waals surface area contributed by atoms with E-state index in [1.807, 2.05) is 45.0 Å². The Kier molecular flexibility index (Phi) is 6.35. The molecule has 4 rings (SSSR count). The second-order valence-corrected chi connectivity index (χ2v) is 8.50. The SMILES string of the molecule is COc1ccc(C(=O)NC(=S)Nc2cccc(-c3nc4cc(C)cc(C)c4o3)c2C)cc1Cl. The maximum atomic E-state index is 12.6. The van der Waals surface area contributed by atoms with Crippen LogP contribution in [-0.2, 0) is 0 Å². The standard InChI is InChI=1S/C25H22ClN3O3S/c1-13-10-14(2)22-20(11-13)27-24(32-22)17-6-5-7-19(15(17)3)28-25(33)29-23(30)16-8-9-21(31-4)18(26)12-16/h5-12H,1-4H3,(H2,28,29,30,33). The van der Waals surface area contributed by atoms with Gasteiger partial charge in [0.15, 0.2) is 10.7 Å². The summed E-state index contributed by atoms with van der Waals surface area (Å²) in [5.41, 5.74) is 6.60. The number of hydrogen-bond acceptors (Lipinski definition) is 5. The molecule has 1 heterocycles. The first-order valence-corrected chi connectivity index (χ1v) is 11.0. The zero-order valence-electron chi connectivity index (χ0n) is 18.6. The first-order valence-electron chi connectivity index (χ1n) is 10.2. The number of thiocarbonyl (C=S) groups is 1. The molecule has 8 heteroatoms. The second kappa shape index (κ2) is 9.21. The van der Waals surface area contributed by atoms with Crippen LogP contribution in [0.3, 0.4) is 0 Å². The van der Waals surface area contributed by atoms with Crippen molar-refractivity contribution in [2.24, 2.45) is 0 Å². The summed E-state index contributed by atoms with van der Waals surface area (Å²) in [5.74, 6) is 0.643. The van der Waals surface area contributed by atoms with Crippen molar-refractivity contribution in [3.8, 4) is 17.2 Å². The number of methoxy groups -OCH3 is 1. The zero-order chi connectivity index (χ0) is 23.7. The van der Waals surface area contributed by atoms with Gasteiger partial charge < -0.3 is 14.5 Å². The molecule has 0 aliphatic heterocycles. The Balaban J connectivity index is 1.54. The largest absolute Gasteiger partial charge is 0.495 e. The van der Waals surface area contributed by atoms with Gasteiger partial charge in [-0.1, -0.05) is 23.7 Å². The molecule has 0 saturated heterocycles. The summed E-state index contributed by atoms with van der Waals surface area (Å²) in [7, 11) is 1.51. The molecule has 0 atom stereocenters. The van der Waals surface area contributed by atoms with Crippen LogP contribution in [0.25, 0.3) is 22.6 Å². The number of carbonyl (C=O) groups is 1. The molecular weight excluding hydrogens is 458 g/mol. The topological polar surface area (TPSA) is 76.4 Å². The Labute approximate surface area is 201 Å². The number of anilines is 1. The fraction of sp³-hybridized carbons (Fsp3) is 0.160. The molecule has 0 fully saturated rings. The average Bonchev–Trinajstić information content (AvgIpc) is 3.19. The maximum Gasteiger partial charge on any atom is 0.257 e. The van der Waals surface area contributed by atoms with E-state index >= 15 is 0 Å². The number of hydrogen-bond donors (Lipinski definition) is 2. The van der Waals surface area contributed by atoms with Gasteiger partial charge in [0.25, 0.3) is 5.91 Å². The van der Waals surface area contributed by atoms with E-state index in [0.717, 1.165) is 39.0 Å². The number of ether oxygens (including phenoxy) is 1. The monoisotopic (exact) mass is 479 g/mol. The van der Waals surface area contributed by atoms with E-state index in [4.69, 9.17) is 33.0 Å². The van der Waals surface area contributed by atoms with Crippen molar-refractivity contribution in [3.05, 3.63) is 75.8 Å². The van der Waals surface area contributed by atoms with Gasteiger partial charge in [0, 0.05) is 16.8 Å². The highest BCUT2D eigenvalue weighted by Gasteiger charge is 2.16. The molecular formula is C25H22ClN3O3S. The van der Waals surface area contributed by atoms with E-state index in [1.54, 1.807) is 12.1 Å². The van der Waals surface area contributed by atoms with Gasteiger partial charge in [0.2, 0.25) is 5.89 Å². The van der Waals surface area contributed by atoms with Gasteiger partial charge in [0.1, 0.15) is 11.3 Å². The summed E-state index contributed by atoms with van der Waals surface area (Å²) in [5, 5.41) is 6.27. The second-order valence-electron chi connectivity index (χ2n) is 7.68. The van der Waals surface area contributed by atoms with Gasteiger partial charge in [-0.2, -0.15) is 0 Å². The molecule has 0 bridgehead atoms. The van der Waals surface area contributed by atoms with Gasteiger partial charge >= 0.3 is 0 Å². The number of halogens is 1. The first kappa shape index (κ1) is 22.8. The van der Waals surface area contributed by atoms with Crippen LogP contribution in [0.15, 0.2) is 52.9 Å². The lowest BCUT2D eigenvalue weighted by Crippen LogP contribution is -2.34. The average molecular weight is 480 g/mol. The predicted molar refractivity (Wildman–Crippen MR) is 135 cm³/mol. The molecule has 0 unspecified atom stereocenters. The molecule has 0 saturated carbocycles. The fourth-order valence-electron chi connectivity index (χ4n) is 3.63. The number of rotatable bonds is 4. The number of aromatic nitrogens is 1. The van der Waals surface area contributed by atoms with Gasteiger partial charge in [-0.25, -0.2) is 4.98 Å². The van der Waals surface area contributed by atoms with E-state index in [2.05, 4.69) is 21.7 Å². The normalized spacial score (nSPS) is 10.8. The van der Waals surface area contributed by atoms with Crippen molar-refractivity contribution in [1.82, 2.24) is 10.3 Å². The van der Waals surface area contributed by atoms with Gasteiger partial charge in [-0.15, -0.1) is 0 Å². The third-order valence-electron chi connectivity index (χ3n) is 5.27. The third-order valence-corrected chi connectivity index (χ3v) is 5.77. The minimum absolute atomic E-state index is 0.163. The quantitative estimate of drug-likeness (QED) is 0.339. The van der Waals surface area contributed by atoms with E-state index in [1.165, 1.54) is 13.2 Å². The Bertz CT molecular complexity index is 1400. The summed E-state index contributed by atoms with van der Waals surface area (Å²) in [6.45, 7) is 5.98. The number of oxazole rings is 1. The van der Waals surface area contributed by atoms with E-state index in [-0.39, 0.29) is 11.0 Å². The number of nitrogens with one attached hydrogen (secondary N) is 2. The van der Waals surface area contributed by atoms with Crippen molar-refractivity contribution in [2.45, 2.75) is 20.8 Å². The van der Waals surface area contributed by atoms with Gasteiger partial charge in [0.05, 0.1) is 12.1 Å². The predicted octanol–water partition coefficient (Wildman–Crippen LogP) is 6.21. The van der Waals surface area contributed by atoms with E-state index in [0.29, 0.717) is 22.2 Å². The van der Waals surface area contributed by atoms with Crippen molar-refractivity contribution >= 4 is 51.6 Å². The fourth-order valence-corrected chi connectivity index (χ4v) is 4.09. The van der Waals surface area contributed by atoms with Crippen LogP contribution >= 0.6 is 23.8 Å². The molecule has 6 nitrogen and oxygen atoms in total. The van der Waals surface area contributed by atoms with Crippen molar-refractivity contribution in [1.29, 1.82) is 0 Å². The summed E-state index contributed by atoms with van der Waals surface area (Å²) < 4.78 is 11.2. The van der Waals surface area contributed by atoms with Crippen molar-refractivity contribution in [3.63, 3.8) is 0 Å². The van der Waals surface area contributed by atoms with Crippen LogP contribution in [0.1, 0.15) is 27.0 Å². The minimum Gasteiger partial charge on any atom is -0.495 e. The van der Waals surface area contributed by atoms with Crippen LogP contribution in [0.4, 0.5) is 5.69 Å². The summed E-state index contributed by atoms with van der Waals surface area (Å²) in [4.78, 5) is 17.2. The van der Waals surface area contributed by atoms with Crippen LogP contribution in [0, 0.1) is 20.8 Å². The van der Waals surface area contributed by atoms with Crippen LogP contribution in [0.5, 0.6) is 5.75 Å². The molecule has 0 aliphatic rings. The molecule has 3 aromatic carbocycles. The van der Waals surface area contributed by atoms with E-state index in [9.17, 15) is 4.79 Å². The van der Waals surface area contributed by atoms with Crippen molar-refractivity contribution in [2.75, 3.05) is 12.4 Å². The first-order chi connectivity index (χ1) is 15.8. The van der Waals surface area contributed by atoms with Gasteiger partial charge in [-0.05, 0) is 86.1 Å². The lowest BCUT2D eigenvalue weighted by Gasteiger charge is -2.14. The number of carbonyl (C=O) groups excluding carboxylic acids is 1. The van der Waals surface area contributed by atoms with Crippen LogP contribution < -0.4 is 15.4 Å². The number of amides is 1. The number of benzene rings is 3. The Morgan fingerprint density at radius 2 is 1.91 bits per heavy atom. The smallest absolute Gasteiger partial charge is 0.257 e. The lowest BCUT2D eigenvalue weighted by molar-refractivity contribution is 0.0977. The molecule has 0 spiro atoms. The molecule has 2 N–H and O–H groups in total. The molecule has 1 aromatic heterocycles. The summed E-state index contributed by atoms with van der Waals surface area (Å²) >= 11 is 11.5. The molecule has 1 amide bonds. The molecule has 0 aliphatic carbocycles. The molecule has 33 heavy (non-hydrogen) atoms. The highest BCUT2D eigenvalue weighted by atomic mass is 35.5. The summed E-state index contributed by atoms with van der Waals surface area (Å²) in [6.07, 6.45) is 0. The van der Waals surface area contributed by atoms with Crippen molar-refractivity contribution < 1.29 is 13.9 Å². The lowest BCUT2D eigenvalue weighted by atomic mass is 10.1. The highest BCUT2D eigenvalue weighted by molar-refractivity contribution is 7.80. The highest BCUT2D eigenvalue weighted by Crippen LogP contribution is 2.32.